The molecular weight excluding hydrogens is 229 g/mol. The number of hydrogen-bond acceptors (Lipinski definition) is 1. The van der Waals surface area contributed by atoms with E-state index in [2.05, 4.69) is 4.74 Å². The molecule has 4 heteroatoms. The second kappa shape index (κ2) is 7.20. The van der Waals surface area contributed by atoms with Crippen molar-refractivity contribution in [2.45, 2.75) is 46.9 Å². The number of alkyl halides is 3. The fraction of sp³-hybridized carbons (Fsp3) is 0.538. The van der Waals surface area contributed by atoms with Crippen LogP contribution in [-0.2, 0) is 6.42 Å². The minimum absolute atomic E-state index is 0.153. The SMILES string of the molecule is CC.CCCc1ccc(OC(F)(F)F)cc1C. The van der Waals surface area contributed by atoms with E-state index < -0.39 is 6.36 Å². The molecule has 1 aromatic carbocycles. The van der Waals surface area contributed by atoms with Crippen LogP contribution < -0.4 is 4.74 Å². The summed E-state index contributed by atoms with van der Waals surface area (Å²) in [5.74, 6) is -0.153. The summed E-state index contributed by atoms with van der Waals surface area (Å²) in [7, 11) is 0. The highest BCUT2D eigenvalue weighted by Crippen LogP contribution is 2.25. The van der Waals surface area contributed by atoms with Crippen LogP contribution in [0.15, 0.2) is 18.2 Å². The maximum Gasteiger partial charge on any atom is 0.573 e. The quantitative estimate of drug-likeness (QED) is 0.741. The molecule has 1 nitrogen and oxygen atoms in total. The Balaban J connectivity index is 0.00000121. The van der Waals surface area contributed by atoms with Gasteiger partial charge in [0.25, 0.3) is 0 Å². The largest absolute Gasteiger partial charge is 0.573 e. The molecule has 0 aromatic heterocycles. The first-order valence-corrected chi connectivity index (χ1v) is 5.77. The number of hydrogen-bond donors (Lipinski definition) is 0. The molecular formula is C13H19F3O. The summed E-state index contributed by atoms with van der Waals surface area (Å²) in [6.07, 6.45) is -2.77. The van der Waals surface area contributed by atoms with Gasteiger partial charge in [-0.2, -0.15) is 0 Å². The molecule has 0 saturated carbocycles. The highest BCUT2D eigenvalue weighted by Gasteiger charge is 2.31. The average molecular weight is 248 g/mol. The summed E-state index contributed by atoms with van der Waals surface area (Å²) in [5.41, 5.74) is 1.89. The second-order valence-corrected chi connectivity index (χ2v) is 3.39. The maximum atomic E-state index is 11.9. The molecule has 0 atom stereocenters. The Labute approximate surface area is 101 Å². The Morgan fingerprint density at radius 3 is 2.18 bits per heavy atom. The molecule has 0 N–H and O–H groups in total. The highest BCUT2D eigenvalue weighted by atomic mass is 19.4. The molecule has 0 amide bonds. The van der Waals surface area contributed by atoms with Crippen LogP contribution in [0.1, 0.15) is 38.3 Å². The zero-order valence-corrected chi connectivity index (χ0v) is 10.7. The molecule has 0 saturated heterocycles. The summed E-state index contributed by atoms with van der Waals surface area (Å²) >= 11 is 0. The Bertz CT molecular complexity index is 332. The van der Waals surface area contributed by atoms with E-state index >= 15 is 0 Å². The molecule has 0 heterocycles. The summed E-state index contributed by atoms with van der Waals surface area (Å²) in [4.78, 5) is 0. The van der Waals surface area contributed by atoms with Crippen LogP contribution >= 0.6 is 0 Å². The first kappa shape index (κ1) is 15.8. The minimum atomic E-state index is -4.61. The van der Waals surface area contributed by atoms with Crippen molar-refractivity contribution < 1.29 is 17.9 Å². The molecule has 17 heavy (non-hydrogen) atoms. The third-order valence-corrected chi connectivity index (χ3v) is 2.07. The molecule has 0 aliphatic heterocycles. The van der Waals surface area contributed by atoms with Gasteiger partial charge in [0.1, 0.15) is 5.75 Å². The topological polar surface area (TPSA) is 9.23 Å². The average Bonchev–Trinajstić information content (AvgIpc) is 2.23. The molecule has 0 unspecified atom stereocenters. The van der Waals surface area contributed by atoms with Gasteiger partial charge in [-0.25, -0.2) is 0 Å². The van der Waals surface area contributed by atoms with E-state index in [1.807, 2.05) is 20.8 Å². The number of halogens is 3. The third kappa shape index (κ3) is 6.19. The summed E-state index contributed by atoms with van der Waals surface area (Å²) < 4.78 is 39.5. The molecule has 98 valence electrons. The summed E-state index contributed by atoms with van der Waals surface area (Å²) in [6.45, 7) is 7.81. The van der Waals surface area contributed by atoms with Crippen LogP contribution in [0.5, 0.6) is 5.75 Å². The van der Waals surface area contributed by atoms with Gasteiger partial charge >= 0.3 is 6.36 Å². The Morgan fingerprint density at radius 1 is 1.18 bits per heavy atom. The van der Waals surface area contributed by atoms with Crippen molar-refractivity contribution in [3.8, 4) is 5.75 Å². The standard InChI is InChI=1S/C11H13F3O.C2H6/c1-3-4-9-5-6-10(7-8(9)2)15-11(12,13)14;1-2/h5-7H,3-4H2,1-2H3;1-2H3. The molecule has 0 aliphatic carbocycles. The van der Waals surface area contributed by atoms with Gasteiger partial charge in [0.05, 0.1) is 0 Å². The van der Waals surface area contributed by atoms with Crippen molar-refractivity contribution >= 4 is 0 Å². The number of ether oxygens (including phenoxy) is 1. The fourth-order valence-corrected chi connectivity index (χ4v) is 1.42. The van der Waals surface area contributed by atoms with Gasteiger partial charge < -0.3 is 4.74 Å². The molecule has 1 rings (SSSR count). The molecule has 0 aliphatic rings. The summed E-state index contributed by atoms with van der Waals surface area (Å²) in [5, 5.41) is 0. The lowest BCUT2D eigenvalue weighted by Gasteiger charge is -2.11. The fourth-order valence-electron chi connectivity index (χ4n) is 1.42. The van der Waals surface area contributed by atoms with Crippen LogP contribution in [0.4, 0.5) is 13.2 Å². The van der Waals surface area contributed by atoms with E-state index in [4.69, 9.17) is 0 Å². The van der Waals surface area contributed by atoms with Crippen molar-refractivity contribution in [3.05, 3.63) is 29.3 Å². The highest BCUT2D eigenvalue weighted by molar-refractivity contribution is 5.34. The Kier molecular flexibility index (Phi) is 6.69. The number of aryl methyl sites for hydroxylation is 2. The first-order chi connectivity index (χ1) is 7.92. The van der Waals surface area contributed by atoms with E-state index in [9.17, 15) is 13.2 Å². The van der Waals surface area contributed by atoms with Crippen LogP contribution in [0.2, 0.25) is 0 Å². The lowest BCUT2D eigenvalue weighted by atomic mass is 10.0. The van der Waals surface area contributed by atoms with Crippen molar-refractivity contribution in [3.63, 3.8) is 0 Å². The van der Waals surface area contributed by atoms with Crippen LogP contribution in [-0.4, -0.2) is 6.36 Å². The van der Waals surface area contributed by atoms with E-state index in [1.165, 1.54) is 12.1 Å². The zero-order chi connectivity index (χ0) is 13.5. The van der Waals surface area contributed by atoms with Gasteiger partial charge in [0.15, 0.2) is 0 Å². The molecule has 0 radical (unpaired) electrons. The smallest absolute Gasteiger partial charge is 0.406 e. The lowest BCUT2D eigenvalue weighted by Crippen LogP contribution is -2.17. The van der Waals surface area contributed by atoms with Crippen molar-refractivity contribution in [2.75, 3.05) is 0 Å². The van der Waals surface area contributed by atoms with E-state index in [-0.39, 0.29) is 5.75 Å². The van der Waals surface area contributed by atoms with Crippen molar-refractivity contribution in [2.24, 2.45) is 0 Å². The third-order valence-electron chi connectivity index (χ3n) is 2.07. The zero-order valence-electron chi connectivity index (χ0n) is 10.7. The molecule has 0 fully saturated rings. The normalized spacial score (nSPS) is 10.5. The van der Waals surface area contributed by atoms with Gasteiger partial charge in [0.2, 0.25) is 0 Å². The van der Waals surface area contributed by atoms with E-state index in [1.54, 1.807) is 13.0 Å². The molecule has 0 bridgehead atoms. The van der Waals surface area contributed by atoms with Crippen LogP contribution in [0.25, 0.3) is 0 Å². The Morgan fingerprint density at radius 2 is 1.76 bits per heavy atom. The summed E-state index contributed by atoms with van der Waals surface area (Å²) in [6, 6.07) is 4.45. The maximum absolute atomic E-state index is 11.9. The first-order valence-electron chi connectivity index (χ1n) is 5.77. The van der Waals surface area contributed by atoms with Gasteiger partial charge in [-0.1, -0.05) is 33.3 Å². The van der Waals surface area contributed by atoms with Gasteiger partial charge in [-0.3, -0.25) is 0 Å². The molecule has 0 spiro atoms. The predicted molar refractivity (Wildman–Crippen MR) is 63.2 cm³/mol. The van der Waals surface area contributed by atoms with E-state index in [0.717, 1.165) is 24.0 Å². The predicted octanol–water partition coefficient (Wildman–Crippen LogP) is 4.87. The monoisotopic (exact) mass is 248 g/mol. The van der Waals surface area contributed by atoms with Gasteiger partial charge in [-0.15, -0.1) is 13.2 Å². The van der Waals surface area contributed by atoms with Crippen LogP contribution in [0, 0.1) is 6.92 Å². The van der Waals surface area contributed by atoms with Crippen LogP contribution in [0.3, 0.4) is 0 Å². The lowest BCUT2D eigenvalue weighted by molar-refractivity contribution is -0.274. The number of benzene rings is 1. The van der Waals surface area contributed by atoms with E-state index in [0.29, 0.717) is 0 Å². The Hall–Kier alpha value is -1.19. The second-order valence-electron chi connectivity index (χ2n) is 3.39. The minimum Gasteiger partial charge on any atom is -0.406 e. The molecule has 1 aromatic rings. The van der Waals surface area contributed by atoms with Crippen molar-refractivity contribution in [1.82, 2.24) is 0 Å². The van der Waals surface area contributed by atoms with Crippen molar-refractivity contribution in [1.29, 1.82) is 0 Å². The van der Waals surface area contributed by atoms with Gasteiger partial charge in [-0.05, 0) is 36.6 Å². The number of rotatable bonds is 3. The van der Waals surface area contributed by atoms with Gasteiger partial charge in [0, 0.05) is 0 Å².